The maximum atomic E-state index is 12.5. The van der Waals surface area contributed by atoms with Crippen molar-refractivity contribution in [1.29, 1.82) is 0 Å². The zero-order valence-corrected chi connectivity index (χ0v) is 12.4. The lowest BCUT2D eigenvalue weighted by Gasteiger charge is -2.22. The van der Waals surface area contributed by atoms with Crippen LogP contribution in [-0.4, -0.2) is 11.5 Å². The van der Waals surface area contributed by atoms with E-state index in [1.807, 2.05) is 60.7 Å². The van der Waals surface area contributed by atoms with Crippen molar-refractivity contribution < 1.29 is 14.0 Å². The van der Waals surface area contributed by atoms with E-state index >= 15 is 0 Å². The van der Waals surface area contributed by atoms with Gasteiger partial charge < -0.3 is 9.42 Å². The fraction of sp³-hybridized carbons (Fsp3) is 0.250. The molecule has 2 unspecified atom stereocenters. The van der Waals surface area contributed by atoms with Crippen LogP contribution in [-0.2, 0) is 15.5 Å². The molecule has 3 nitrogen and oxygen atoms in total. The van der Waals surface area contributed by atoms with Crippen molar-refractivity contribution in [3.63, 3.8) is 0 Å². The number of rotatable bonds is 6. The zero-order chi connectivity index (χ0) is 14.4. The third-order valence-electron chi connectivity index (χ3n) is 3.16. The van der Waals surface area contributed by atoms with Gasteiger partial charge in [0.2, 0.25) is 0 Å². The third kappa shape index (κ3) is 3.80. The first-order valence-electron chi connectivity index (χ1n) is 6.69. The maximum absolute atomic E-state index is 12.5. The van der Waals surface area contributed by atoms with Crippen LogP contribution in [0.25, 0.3) is 0 Å². The van der Waals surface area contributed by atoms with Crippen LogP contribution in [0.5, 0.6) is 0 Å². The van der Waals surface area contributed by atoms with E-state index in [-0.39, 0.29) is 6.61 Å². The largest absolute Gasteiger partial charge is 0.335 e. The van der Waals surface area contributed by atoms with E-state index in [0.29, 0.717) is 6.42 Å². The zero-order valence-electron chi connectivity index (χ0n) is 11.5. The number of hydrogen-bond donors (Lipinski definition) is 1. The van der Waals surface area contributed by atoms with Gasteiger partial charge in [0.25, 0.3) is 0 Å². The minimum atomic E-state index is -3.69. The fourth-order valence-electron chi connectivity index (χ4n) is 2.21. The second-order valence-electron chi connectivity index (χ2n) is 4.60. The first kappa shape index (κ1) is 15.0. The Hall–Kier alpha value is -1.41. The molecule has 0 radical (unpaired) electrons. The van der Waals surface area contributed by atoms with Gasteiger partial charge in [0.1, 0.15) is 0 Å². The van der Waals surface area contributed by atoms with Gasteiger partial charge in [-0.05, 0) is 24.5 Å². The second kappa shape index (κ2) is 6.85. The van der Waals surface area contributed by atoms with Gasteiger partial charge in [-0.25, -0.2) is 0 Å². The van der Waals surface area contributed by atoms with Crippen molar-refractivity contribution in [2.24, 2.45) is 0 Å². The third-order valence-corrected chi connectivity index (χ3v) is 5.06. The van der Waals surface area contributed by atoms with E-state index < -0.39 is 13.3 Å². The average Bonchev–Trinajstić information content (AvgIpc) is 2.46. The second-order valence-corrected chi connectivity index (χ2v) is 6.61. The highest BCUT2D eigenvalue weighted by Crippen LogP contribution is 2.57. The molecule has 106 valence electrons. The molecule has 0 heterocycles. The summed E-state index contributed by atoms with van der Waals surface area (Å²) in [6.07, 6.45) is 0.485. The van der Waals surface area contributed by atoms with Gasteiger partial charge in [-0.1, -0.05) is 60.7 Å². The Kier molecular flexibility index (Phi) is 5.13. The van der Waals surface area contributed by atoms with Crippen LogP contribution in [0.15, 0.2) is 60.7 Å². The molecule has 2 aromatic carbocycles. The minimum Gasteiger partial charge on any atom is -0.324 e. The van der Waals surface area contributed by atoms with Crippen LogP contribution in [0.3, 0.4) is 0 Å². The molecule has 2 atom stereocenters. The Morgan fingerprint density at radius 3 is 2.15 bits per heavy atom. The summed E-state index contributed by atoms with van der Waals surface area (Å²) in [4.78, 5) is 10.2. The molecule has 0 bridgehead atoms. The molecule has 20 heavy (non-hydrogen) atoms. The van der Waals surface area contributed by atoms with Gasteiger partial charge in [0.05, 0.1) is 12.3 Å². The summed E-state index contributed by atoms with van der Waals surface area (Å²) in [7, 11) is -3.69. The first-order chi connectivity index (χ1) is 9.63. The Balaban J connectivity index is 2.32. The molecule has 0 saturated heterocycles. The van der Waals surface area contributed by atoms with Gasteiger partial charge in [-0.2, -0.15) is 0 Å². The molecule has 0 aromatic heterocycles. The van der Waals surface area contributed by atoms with Crippen LogP contribution >= 0.6 is 7.60 Å². The molecule has 0 spiro atoms. The SMILES string of the molecule is CCOP(=O)(O)C(Cc1ccccc1)c1ccccc1. The predicted octanol–water partition coefficient (Wildman–Crippen LogP) is 4.19. The van der Waals surface area contributed by atoms with Crippen LogP contribution < -0.4 is 0 Å². The van der Waals surface area contributed by atoms with Crippen LogP contribution in [0, 0.1) is 0 Å². The highest BCUT2D eigenvalue weighted by Gasteiger charge is 2.33. The Labute approximate surface area is 119 Å². The van der Waals surface area contributed by atoms with Crippen molar-refractivity contribution in [2.75, 3.05) is 6.61 Å². The molecule has 0 aliphatic carbocycles. The standard InChI is InChI=1S/C16H19O3P/c1-2-19-20(17,18)16(15-11-7-4-8-12-15)13-14-9-5-3-6-10-14/h3-12,16H,2,13H2,1H3,(H,17,18). The summed E-state index contributed by atoms with van der Waals surface area (Å²) >= 11 is 0. The summed E-state index contributed by atoms with van der Waals surface area (Å²) in [5, 5.41) is 0. The predicted molar refractivity (Wildman–Crippen MR) is 80.8 cm³/mol. The lowest BCUT2D eigenvalue weighted by Crippen LogP contribution is -2.06. The summed E-state index contributed by atoms with van der Waals surface area (Å²) in [6, 6.07) is 19.1. The molecule has 2 rings (SSSR count). The number of hydrogen-bond acceptors (Lipinski definition) is 2. The van der Waals surface area contributed by atoms with Crippen LogP contribution in [0.1, 0.15) is 23.7 Å². The molecule has 0 amide bonds. The molecule has 4 heteroatoms. The highest BCUT2D eigenvalue weighted by molar-refractivity contribution is 7.53. The van der Waals surface area contributed by atoms with Crippen molar-refractivity contribution in [2.45, 2.75) is 19.0 Å². The van der Waals surface area contributed by atoms with Gasteiger partial charge in [0.15, 0.2) is 0 Å². The Morgan fingerprint density at radius 1 is 1.05 bits per heavy atom. The average molecular weight is 290 g/mol. The molecular formula is C16H19O3P. The van der Waals surface area contributed by atoms with E-state index in [1.165, 1.54) is 0 Å². The summed E-state index contributed by atoms with van der Waals surface area (Å²) in [5.41, 5.74) is 1.32. The van der Waals surface area contributed by atoms with E-state index in [1.54, 1.807) is 6.92 Å². The van der Waals surface area contributed by atoms with Gasteiger partial charge in [0, 0.05) is 0 Å². The van der Waals surface area contributed by atoms with Crippen molar-refractivity contribution in [1.82, 2.24) is 0 Å². The van der Waals surface area contributed by atoms with E-state index in [4.69, 9.17) is 4.52 Å². The van der Waals surface area contributed by atoms with Gasteiger partial charge >= 0.3 is 7.60 Å². The minimum absolute atomic E-state index is 0.228. The summed E-state index contributed by atoms with van der Waals surface area (Å²) in [6.45, 7) is 1.96. The lowest BCUT2D eigenvalue weighted by atomic mass is 10.0. The quantitative estimate of drug-likeness (QED) is 0.811. The molecule has 0 aliphatic rings. The fourth-order valence-corrected chi connectivity index (χ4v) is 3.75. The molecular weight excluding hydrogens is 271 g/mol. The van der Waals surface area contributed by atoms with Crippen molar-refractivity contribution in [3.05, 3.63) is 71.8 Å². The Morgan fingerprint density at radius 2 is 1.60 bits per heavy atom. The molecule has 0 saturated carbocycles. The number of benzene rings is 2. The molecule has 0 aliphatic heterocycles. The van der Waals surface area contributed by atoms with Crippen molar-refractivity contribution >= 4 is 7.60 Å². The van der Waals surface area contributed by atoms with Crippen LogP contribution in [0.4, 0.5) is 0 Å². The van der Waals surface area contributed by atoms with Gasteiger partial charge in [-0.3, -0.25) is 4.57 Å². The van der Waals surface area contributed by atoms with Crippen molar-refractivity contribution in [3.8, 4) is 0 Å². The summed E-state index contributed by atoms with van der Waals surface area (Å²) in [5.74, 6) is 0. The highest BCUT2D eigenvalue weighted by atomic mass is 31.2. The van der Waals surface area contributed by atoms with E-state index in [2.05, 4.69) is 0 Å². The monoisotopic (exact) mass is 290 g/mol. The smallest absolute Gasteiger partial charge is 0.324 e. The summed E-state index contributed by atoms with van der Waals surface area (Å²) < 4.78 is 17.6. The Bertz CT molecular complexity index is 569. The van der Waals surface area contributed by atoms with E-state index in [9.17, 15) is 9.46 Å². The van der Waals surface area contributed by atoms with Crippen LogP contribution in [0.2, 0.25) is 0 Å². The van der Waals surface area contributed by atoms with E-state index in [0.717, 1.165) is 11.1 Å². The lowest BCUT2D eigenvalue weighted by molar-refractivity contribution is 0.264. The molecule has 1 N–H and O–H groups in total. The maximum Gasteiger partial charge on any atom is 0.335 e. The van der Waals surface area contributed by atoms with Gasteiger partial charge in [-0.15, -0.1) is 0 Å². The topological polar surface area (TPSA) is 46.5 Å². The first-order valence-corrected chi connectivity index (χ1v) is 8.34. The molecule has 2 aromatic rings. The normalized spacial score (nSPS) is 15.5. The molecule has 0 fully saturated rings.